The van der Waals surface area contributed by atoms with Crippen LogP contribution in [0.5, 0.6) is 5.75 Å². The normalized spacial score (nSPS) is 18.2. The monoisotopic (exact) mass is 309 g/mol. The molecule has 6 nitrogen and oxygen atoms in total. The van der Waals surface area contributed by atoms with E-state index in [1.54, 1.807) is 19.2 Å². The molecular weight excluding hydrogens is 286 g/mol. The number of benzene rings is 1. The van der Waals surface area contributed by atoms with Crippen molar-refractivity contribution < 1.29 is 24.5 Å². The number of likely N-dealkylation sites (tertiary alicyclic amines) is 1. The lowest BCUT2D eigenvalue weighted by Crippen LogP contribution is -2.42. The van der Waals surface area contributed by atoms with E-state index in [0.29, 0.717) is 31.9 Å². The Balaban J connectivity index is 1.96. The fourth-order valence-electron chi connectivity index (χ4n) is 2.80. The van der Waals surface area contributed by atoms with Gasteiger partial charge in [0.2, 0.25) is 0 Å². The Morgan fingerprint density at radius 3 is 2.68 bits per heavy atom. The minimum absolute atomic E-state index is 0.0848. The number of phenols is 1. The molecule has 1 aromatic rings. The van der Waals surface area contributed by atoms with Gasteiger partial charge in [0.1, 0.15) is 11.8 Å². The van der Waals surface area contributed by atoms with E-state index in [1.807, 2.05) is 4.90 Å². The van der Waals surface area contributed by atoms with Gasteiger partial charge >= 0.3 is 5.97 Å². The van der Waals surface area contributed by atoms with Crippen molar-refractivity contribution in [3.8, 4) is 5.75 Å². The third kappa shape index (κ3) is 4.43. The van der Waals surface area contributed by atoms with E-state index in [9.17, 15) is 15.0 Å². The third-order valence-electron chi connectivity index (χ3n) is 3.90. The Morgan fingerprint density at radius 1 is 1.36 bits per heavy atom. The molecule has 2 N–H and O–H groups in total. The van der Waals surface area contributed by atoms with Gasteiger partial charge in [-0.05, 0) is 30.5 Å². The van der Waals surface area contributed by atoms with E-state index in [1.165, 1.54) is 12.1 Å². The minimum atomic E-state index is -0.899. The highest BCUT2D eigenvalue weighted by molar-refractivity contribution is 5.75. The van der Waals surface area contributed by atoms with Crippen molar-refractivity contribution in [1.29, 1.82) is 0 Å². The second kappa shape index (κ2) is 8.12. The molecule has 1 fully saturated rings. The zero-order valence-corrected chi connectivity index (χ0v) is 12.8. The second-order valence-corrected chi connectivity index (χ2v) is 5.43. The van der Waals surface area contributed by atoms with E-state index in [-0.39, 0.29) is 11.9 Å². The fraction of sp³-hybridized carbons (Fsp3) is 0.562. The van der Waals surface area contributed by atoms with Crippen LogP contribution in [0.1, 0.15) is 24.4 Å². The smallest absolute Gasteiger partial charge is 0.325 e. The van der Waals surface area contributed by atoms with Crippen LogP contribution in [-0.2, 0) is 14.3 Å². The number of carbonyl (C=O) groups is 1. The van der Waals surface area contributed by atoms with Gasteiger partial charge in [0.25, 0.3) is 0 Å². The number of nitrogens with zero attached hydrogens (tertiary/aromatic N) is 1. The molecule has 0 aliphatic carbocycles. The summed E-state index contributed by atoms with van der Waals surface area (Å²) in [5, 5.41) is 19.1. The number of rotatable bonds is 7. The van der Waals surface area contributed by atoms with Crippen LogP contribution in [0.2, 0.25) is 0 Å². The number of aliphatic carboxylic acids is 1. The number of aromatic hydroxyl groups is 1. The highest BCUT2D eigenvalue weighted by atomic mass is 16.5. The summed E-state index contributed by atoms with van der Waals surface area (Å²) in [4.78, 5) is 13.6. The number of hydrogen-bond donors (Lipinski definition) is 2. The summed E-state index contributed by atoms with van der Waals surface area (Å²) in [6.45, 7) is 2.45. The summed E-state index contributed by atoms with van der Waals surface area (Å²) in [6, 6.07) is 5.73. The number of methoxy groups -OCH3 is 1. The summed E-state index contributed by atoms with van der Waals surface area (Å²) in [5.41, 5.74) is 0.603. The number of carboxylic acids is 1. The molecule has 0 spiro atoms. The van der Waals surface area contributed by atoms with E-state index >= 15 is 0 Å². The SMILES string of the molecule is COCCOC1CCN(C(C(=O)O)c2cccc(O)c2)CC1. The lowest BCUT2D eigenvalue weighted by atomic mass is 10.0. The maximum absolute atomic E-state index is 11.6. The van der Waals surface area contributed by atoms with Crippen molar-refractivity contribution in [3.63, 3.8) is 0 Å². The summed E-state index contributed by atoms with van der Waals surface area (Å²) >= 11 is 0. The Labute approximate surface area is 130 Å². The van der Waals surface area contributed by atoms with Crippen LogP contribution >= 0.6 is 0 Å². The molecule has 1 saturated heterocycles. The van der Waals surface area contributed by atoms with Crippen LogP contribution in [0.3, 0.4) is 0 Å². The molecule has 22 heavy (non-hydrogen) atoms. The Morgan fingerprint density at radius 2 is 2.09 bits per heavy atom. The van der Waals surface area contributed by atoms with E-state index in [2.05, 4.69) is 0 Å². The predicted octanol–water partition coefficient (Wildman–Crippen LogP) is 1.65. The van der Waals surface area contributed by atoms with Gasteiger partial charge < -0.3 is 19.7 Å². The molecule has 2 rings (SSSR count). The van der Waals surface area contributed by atoms with Crippen molar-refractivity contribution in [2.24, 2.45) is 0 Å². The first kappa shape index (κ1) is 16.7. The molecule has 1 heterocycles. The molecule has 6 heteroatoms. The van der Waals surface area contributed by atoms with Crippen LogP contribution in [0, 0.1) is 0 Å². The molecule has 1 aliphatic heterocycles. The predicted molar refractivity (Wildman–Crippen MR) is 80.9 cm³/mol. The minimum Gasteiger partial charge on any atom is -0.508 e. The average Bonchev–Trinajstić information content (AvgIpc) is 2.49. The molecule has 1 aliphatic rings. The van der Waals surface area contributed by atoms with Gasteiger partial charge in [-0.25, -0.2) is 0 Å². The molecule has 0 aromatic heterocycles. The van der Waals surface area contributed by atoms with Crippen LogP contribution in [0.15, 0.2) is 24.3 Å². The fourth-order valence-corrected chi connectivity index (χ4v) is 2.80. The summed E-state index contributed by atoms with van der Waals surface area (Å²) in [7, 11) is 1.64. The van der Waals surface area contributed by atoms with Crippen molar-refractivity contribution in [3.05, 3.63) is 29.8 Å². The van der Waals surface area contributed by atoms with Gasteiger partial charge in [-0.2, -0.15) is 0 Å². The number of phenolic OH excluding ortho intramolecular Hbond substituents is 1. The Hall–Kier alpha value is -1.63. The Bertz CT molecular complexity index is 485. The van der Waals surface area contributed by atoms with Gasteiger partial charge in [-0.3, -0.25) is 9.69 Å². The number of ether oxygens (including phenoxy) is 2. The first-order valence-corrected chi connectivity index (χ1v) is 7.48. The Kier molecular flexibility index (Phi) is 6.18. The van der Waals surface area contributed by atoms with Gasteiger partial charge in [-0.15, -0.1) is 0 Å². The molecule has 1 atom stereocenters. The number of piperidine rings is 1. The summed E-state index contributed by atoms with van der Waals surface area (Å²) in [5.74, 6) is -0.814. The maximum atomic E-state index is 11.6. The molecular formula is C16H23NO5. The quantitative estimate of drug-likeness (QED) is 0.746. The van der Waals surface area contributed by atoms with Crippen molar-refractivity contribution >= 4 is 5.97 Å². The van der Waals surface area contributed by atoms with Crippen molar-refractivity contribution in [1.82, 2.24) is 4.90 Å². The van der Waals surface area contributed by atoms with Crippen LogP contribution in [0.25, 0.3) is 0 Å². The van der Waals surface area contributed by atoms with Gasteiger partial charge in [-0.1, -0.05) is 12.1 Å². The summed E-state index contributed by atoms with van der Waals surface area (Å²) in [6.07, 6.45) is 1.75. The first-order chi connectivity index (χ1) is 10.6. The highest BCUT2D eigenvalue weighted by Gasteiger charge is 2.31. The topological polar surface area (TPSA) is 79.2 Å². The zero-order chi connectivity index (χ0) is 15.9. The zero-order valence-electron chi connectivity index (χ0n) is 12.8. The van der Waals surface area contributed by atoms with Crippen LogP contribution in [-0.4, -0.2) is 60.6 Å². The number of carboxylic acid groups (broad SMARTS) is 1. The van der Waals surface area contributed by atoms with Gasteiger partial charge in [0.05, 0.1) is 19.3 Å². The molecule has 1 aromatic carbocycles. The largest absolute Gasteiger partial charge is 0.508 e. The van der Waals surface area contributed by atoms with E-state index in [4.69, 9.17) is 9.47 Å². The van der Waals surface area contributed by atoms with Gasteiger partial charge in [0.15, 0.2) is 0 Å². The molecule has 0 saturated carbocycles. The summed E-state index contributed by atoms with van der Waals surface area (Å²) < 4.78 is 10.7. The highest BCUT2D eigenvalue weighted by Crippen LogP contribution is 2.27. The maximum Gasteiger partial charge on any atom is 0.325 e. The molecule has 0 radical (unpaired) electrons. The van der Waals surface area contributed by atoms with Crippen LogP contribution < -0.4 is 0 Å². The number of hydrogen-bond acceptors (Lipinski definition) is 5. The van der Waals surface area contributed by atoms with E-state index < -0.39 is 12.0 Å². The van der Waals surface area contributed by atoms with Crippen molar-refractivity contribution in [2.45, 2.75) is 25.0 Å². The second-order valence-electron chi connectivity index (χ2n) is 5.43. The van der Waals surface area contributed by atoms with Crippen molar-refractivity contribution in [2.75, 3.05) is 33.4 Å². The molecule has 0 bridgehead atoms. The molecule has 122 valence electrons. The molecule has 1 unspecified atom stereocenters. The standard InChI is InChI=1S/C16H23NO5/c1-21-9-10-22-14-5-7-17(8-6-14)15(16(19)20)12-3-2-4-13(18)11-12/h2-4,11,14-15,18H,5-10H2,1H3,(H,19,20). The lowest BCUT2D eigenvalue weighted by molar-refractivity contribution is -0.145. The molecule has 0 amide bonds. The first-order valence-electron chi connectivity index (χ1n) is 7.48. The van der Waals surface area contributed by atoms with E-state index in [0.717, 1.165) is 12.8 Å². The van der Waals surface area contributed by atoms with Crippen LogP contribution in [0.4, 0.5) is 0 Å². The van der Waals surface area contributed by atoms with Gasteiger partial charge in [0, 0.05) is 20.2 Å². The average molecular weight is 309 g/mol. The third-order valence-corrected chi connectivity index (χ3v) is 3.90. The lowest BCUT2D eigenvalue weighted by Gasteiger charge is -2.35.